The van der Waals surface area contributed by atoms with Gasteiger partial charge in [-0.2, -0.15) is 0 Å². The van der Waals surface area contributed by atoms with Crippen LogP contribution in [0.15, 0.2) is 42.5 Å². The lowest BCUT2D eigenvalue weighted by Gasteiger charge is -2.43. The molecular formula is C20H23NO3. The number of carbonyl (C=O) groups is 2. The fourth-order valence-electron chi connectivity index (χ4n) is 3.38. The van der Waals surface area contributed by atoms with Gasteiger partial charge in [-0.1, -0.05) is 29.9 Å². The molecule has 0 bridgehead atoms. The SMILES string of the molecule is C/C=C/C=C/C(=O)N1CCC2(CC1)CC(=O)c1cc(C)ccc1O2. The molecule has 2 aliphatic rings. The summed E-state index contributed by atoms with van der Waals surface area (Å²) in [5.74, 6) is 0.846. The highest BCUT2D eigenvalue weighted by molar-refractivity contribution is 6.00. The number of aryl methyl sites for hydroxylation is 1. The van der Waals surface area contributed by atoms with Gasteiger partial charge in [-0.25, -0.2) is 0 Å². The molecular weight excluding hydrogens is 302 g/mol. The van der Waals surface area contributed by atoms with Gasteiger partial charge >= 0.3 is 0 Å². The summed E-state index contributed by atoms with van der Waals surface area (Å²) >= 11 is 0. The van der Waals surface area contributed by atoms with E-state index in [2.05, 4.69) is 0 Å². The molecule has 126 valence electrons. The normalized spacial score (nSPS) is 19.8. The lowest BCUT2D eigenvalue weighted by Crippen LogP contribution is -2.52. The van der Waals surface area contributed by atoms with Crippen LogP contribution in [0.3, 0.4) is 0 Å². The summed E-state index contributed by atoms with van der Waals surface area (Å²) in [7, 11) is 0. The number of piperidine rings is 1. The number of ether oxygens (including phenoxy) is 1. The van der Waals surface area contributed by atoms with Crippen molar-refractivity contribution in [1.29, 1.82) is 0 Å². The van der Waals surface area contributed by atoms with E-state index in [0.29, 0.717) is 43.7 Å². The molecule has 0 unspecified atom stereocenters. The van der Waals surface area contributed by atoms with Gasteiger partial charge in [-0.15, -0.1) is 0 Å². The molecule has 4 nitrogen and oxygen atoms in total. The Morgan fingerprint density at radius 2 is 2.00 bits per heavy atom. The Labute approximate surface area is 142 Å². The molecule has 0 aliphatic carbocycles. The second kappa shape index (κ2) is 6.63. The third kappa shape index (κ3) is 3.28. The molecule has 0 atom stereocenters. The Kier molecular flexibility index (Phi) is 4.56. The average Bonchev–Trinajstić information content (AvgIpc) is 2.56. The molecule has 24 heavy (non-hydrogen) atoms. The molecule has 1 aromatic carbocycles. The number of hydrogen-bond acceptors (Lipinski definition) is 3. The number of amides is 1. The first-order valence-corrected chi connectivity index (χ1v) is 8.44. The zero-order chi connectivity index (χ0) is 17.2. The Hall–Kier alpha value is -2.36. The zero-order valence-corrected chi connectivity index (χ0v) is 14.2. The number of fused-ring (bicyclic) bond motifs is 1. The fraction of sp³-hybridized carbons (Fsp3) is 0.400. The molecule has 1 fully saturated rings. The van der Waals surface area contributed by atoms with Crippen molar-refractivity contribution in [3.8, 4) is 5.75 Å². The number of rotatable bonds is 2. The standard InChI is InChI=1S/C20H23NO3/c1-3-4-5-6-19(23)21-11-9-20(10-12-21)14-17(22)16-13-15(2)7-8-18(16)24-20/h3-8,13H,9-12,14H2,1-2H3/b4-3+,6-5+. The number of carbonyl (C=O) groups excluding carboxylic acids is 2. The number of nitrogens with zero attached hydrogens (tertiary/aromatic N) is 1. The molecule has 4 heteroatoms. The molecule has 0 saturated carbocycles. The van der Waals surface area contributed by atoms with Crippen LogP contribution in [0.5, 0.6) is 5.75 Å². The molecule has 3 rings (SSSR count). The van der Waals surface area contributed by atoms with Gasteiger partial charge < -0.3 is 9.64 Å². The third-order valence-electron chi connectivity index (χ3n) is 4.77. The fourth-order valence-corrected chi connectivity index (χ4v) is 3.38. The number of ketones is 1. The van der Waals surface area contributed by atoms with Crippen molar-refractivity contribution in [2.24, 2.45) is 0 Å². The quantitative estimate of drug-likeness (QED) is 0.618. The second-order valence-electron chi connectivity index (χ2n) is 6.59. The Morgan fingerprint density at radius 3 is 2.71 bits per heavy atom. The molecule has 0 radical (unpaired) electrons. The first-order chi connectivity index (χ1) is 11.5. The van der Waals surface area contributed by atoms with Gasteiger partial charge in [0, 0.05) is 32.0 Å². The summed E-state index contributed by atoms with van der Waals surface area (Å²) < 4.78 is 6.22. The molecule has 0 N–H and O–H groups in total. The highest BCUT2D eigenvalue weighted by Gasteiger charge is 2.43. The average molecular weight is 325 g/mol. The van der Waals surface area contributed by atoms with Crippen molar-refractivity contribution >= 4 is 11.7 Å². The third-order valence-corrected chi connectivity index (χ3v) is 4.77. The zero-order valence-electron chi connectivity index (χ0n) is 14.2. The molecule has 1 amide bonds. The monoisotopic (exact) mass is 325 g/mol. The van der Waals surface area contributed by atoms with Gasteiger partial charge in [0.25, 0.3) is 0 Å². The minimum Gasteiger partial charge on any atom is -0.486 e. The Balaban J connectivity index is 1.69. The van der Waals surface area contributed by atoms with E-state index in [1.165, 1.54) is 0 Å². The minimum absolute atomic E-state index is 0.0149. The van der Waals surface area contributed by atoms with Crippen LogP contribution in [0, 0.1) is 6.92 Å². The molecule has 1 aromatic rings. The van der Waals surface area contributed by atoms with Crippen LogP contribution in [0.1, 0.15) is 42.1 Å². The van der Waals surface area contributed by atoms with E-state index in [4.69, 9.17) is 4.74 Å². The van der Waals surface area contributed by atoms with E-state index in [-0.39, 0.29) is 11.7 Å². The number of Topliss-reactive ketones (excluding diaryl/α,β-unsaturated/α-hetero) is 1. The molecule has 0 aromatic heterocycles. The minimum atomic E-state index is -0.455. The van der Waals surface area contributed by atoms with Crippen molar-refractivity contribution < 1.29 is 14.3 Å². The van der Waals surface area contributed by atoms with Crippen LogP contribution in [-0.4, -0.2) is 35.3 Å². The molecule has 2 aliphatic heterocycles. The van der Waals surface area contributed by atoms with Crippen molar-refractivity contribution in [2.75, 3.05) is 13.1 Å². The van der Waals surface area contributed by atoms with E-state index < -0.39 is 5.60 Å². The van der Waals surface area contributed by atoms with Gasteiger partial charge in [-0.3, -0.25) is 9.59 Å². The molecule has 1 spiro atoms. The number of benzene rings is 1. The highest BCUT2D eigenvalue weighted by atomic mass is 16.5. The van der Waals surface area contributed by atoms with Crippen molar-refractivity contribution in [1.82, 2.24) is 4.90 Å². The Bertz CT molecular complexity index is 710. The van der Waals surface area contributed by atoms with Gasteiger partial charge in [0.1, 0.15) is 11.4 Å². The maximum absolute atomic E-state index is 12.5. The van der Waals surface area contributed by atoms with E-state index in [1.807, 2.05) is 49.1 Å². The van der Waals surface area contributed by atoms with E-state index in [1.54, 1.807) is 12.2 Å². The predicted molar refractivity (Wildman–Crippen MR) is 93.3 cm³/mol. The van der Waals surface area contributed by atoms with E-state index >= 15 is 0 Å². The topological polar surface area (TPSA) is 46.6 Å². The van der Waals surface area contributed by atoms with Gasteiger partial charge in [0.05, 0.1) is 12.0 Å². The molecule has 1 saturated heterocycles. The molecule has 2 heterocycles. The van der Waals surface area contributed by atoms with Crippen molar-refractivity contribution in [2.45, 2.75) is 38.7 Å². The van der Waals surface area contributed by atoms with E-state index in [9.17, 15) is 9.59 Å². The Morgan fingerprint density at radius 1 is 1.25 bits per heavy atom. The maximum Gasteiger partial charge on any atom is 0.246 e. The van der Waals surface area contributed by atoms with Crippen molar-refractivity contribution in [3.63, 3.8) is 0 Å². The summed E-state index contributed by atoms with van der Waals surface area (Å²) in [6.07, 6.45) is 8.85. The van der Waals surface area contributed by atoms with Gasteiger partial charge in [0.15, 0.2) is 5.78 Å². The highest BCUT2D eigenvalue weighted by Crippen LogP contribution is 2.39. The van der Waals surface area contributed by atoms with Gasteiger partial charge in [-0.05, 0) is 26.0 Å². The summed E-state index contributed by atoms with van der Waals surface area (Å²) in [6.45, 7) is 5.13. The maximum atomic E-state index is 12.5. The van der Waals surface area contributed by atoms with Crippen LogP contribution in [0.4, 0.5) is 0 Å². The summed E-state index contributed by atoms with van der Waals surface area (Å²) in [5, 5.41) is 0. The first kappa shape index (κ1) is 16.5. The predicted octanol–water partition coefficient (Wildman–Crippen LogP) is 3.45. The lowest BCUT2D eigenvalue weighted by molar-refractivity contribution is -0.129. The first-order valence-electron chi connectivity index (χ1n) is 8.44. The van der Waals surface area contributed by atoms with Crippen LogP contribution in [0.25, 0.3) is 0 Å². The summed E-state index contributed by atoms with van der Waals surface area (Å²) in [5.41, 5.74) is 1.30. The van der Waals surface area contributed by atoms with Crippen LogP contribution in [-0.2, 0) is 4.79 Å². The van der Waals surface area contributed by atoms with Crippen LogP contribution in [0.2, 0.25) is 0 Å². The number of likely N-dealkylation sites (tertiary alicyclic amines) is 1. The number of allylic oxidation sites excluding steroid dienone is 3. The summed E-state index contributed by atoms with van der Waals surface area (Å²) in [6, 6.07) is 5.76. The van der Waals surface area contributed by atoms with Crippen molar-refractivity contribution in [3.05, 3.63) is 53.6 Å². The summed E-state index contributed by atoms with van der Waals surface area (Å²) in [4.78, 5) is 26.5. The van der Waals surface area contributed by atoms with E-state index in [0.717, 1.165) is 5.56 Å². The number of hydrogen-bond donors (Lipinski definition) is 0. The lowest BCUT2D eigenvalue weighted by atomic mass is 9.82. The smallest absolute Gasteiger partial charge is 0.246 e. The van der Waals surface area contributed by atoms with Crippen LogP contribution < -0.4 is 4.74 Å². The largest absolute Gasteiger partial charge is 0.486 e. The second-order valence-corrected chi connectivity index (χ2v) is 6.59. The van der Waals surface area contributed by atoms with Gasteiger partial charge in [0.2, 0.25) is 5.91 Å². The van der Waals surface area contributed by atoms with Crippen LogP contribution >= 0.6 is 0 Å².